The summed E-state index contributed by atoms with van der Waals surface area (Å²) in [7, 11) is 2.81. The monoisotopic (exact) mass is 613 g/mol. The number of aliphatic hydroxyl groups is 1. The number of carbonyl (C=O) groups is 2. The summed E-state index contributed by atoms with van der Waals surface area (Å²) >= 11 is 0. The number of phenolic OH excluding ortho intramolecular Hbond substituents is 2. The van der Waals surface area contributed by atoms with E-state index in [9.17, 15) is 35.0 Å². The fraction of sp³-hybridized carbons (Fsp3) is 0.273. The smallest absolute Gasteiger partial charge is 0.269 e. The summed E-state index contributed by atoms with van der Waals surface area (Å²) in [5, 5.41) is 45.8. The number of amides is 1. The fourth-order valence-electron chi connectivity index (χ4n) is 7.23. The summed E-state index contributed by atoms with van der Waals surface area (Å²) in [6.45, 7) is 0.466. The van der Waals surface area contributed by atoms with Crippen LogP contribution in [0, 0.1) is 16.0 Å². The van der Waals surface area contributed by atoms with Crippen LogP contribution in [0.2, 0.25) is 0 Å². The quantitative estimate of drug-likeness (QED) is 0.0912. The van der Waals surface area contributed by atoms with E-state index in [0.717, 1.165) is 6.08 Å². The van der Waals surface area contributed by atoms with E-state index >= 15 is 0 Å². The second-order valence-electron chi connectivity index (χ2n) is 11.3. The van der Waals surface area contributed by atoms with E-state index in [4.69, 9.17) is 9.47 Å². The van der Waals surface area contributed by atoms with Gasteiger partial charge < -0.3 is 30.1 Å². The number of aromatic hydroxyl groups is 2. The maximum absolute atomic E-state index is 14.2. The maximum atomic E-state index is 14.2. The molecule has 4 N–H and O–H groups in total. The number of hydrogen-bond donors (Lipinski definition) is 4. The Balaban J connectivity index is 1.48. The molecule has 0 saturated carbocycles. The molecule has 0 aliphatic carbocycles. The van der Waals surface area contributed by atoms with Crippen molar-refractivity contribution in [2.45, 2.75) is 30.3 Å². The number of non-ortho nitro benzene ring substituents is 1. The molecule has 0 radical (unpaired) electrons. The van der Waals surface area contributed by atoms with Crippen LogP contribution < -0.4 is 14.8 Å². The largest absolute Gasteiger partial charge is 0.508 e. The number of nitrogens with one attached hydrogen (secondary N) is 1. The minimum absolute atomic E-state index is 0.0411. The molecule has 0 aromatic heterocycles. The fourth-order valence-corrected chi connectivity index (χ4v) is 7.23. The topological polar surface area (TPSA) is 172 Å². The molecular weight excluding hydrogens is 582 g/mol. The molecule has 2 saturated heterocycles. The third kappa shape index (κ3) is 4.74. The van der Waals surface area contributed by atoms with Gasteiger partial charge in [0, 0.05) is 47.3 Å². The molecule has 232 valence electrons. The number of benzene rings is 3. The van der Waals surface area contributed by atoms with Gasteiger partial charge in [-0.15, -0.1) is 0 Å². The Labute approximate surface area is 258 Å². The molecule has 3 aromatic carbocycles. The summed E-state index contributed by atoms with van der Waals surface area (Å²) in [6, 6.07) is 13.1. The number of nitro groups is 1. The van der Waals surface area contributed by atoms with Crippen molar-refractivity contribution in [2.75, 3.05) is 26.1 Å². The number of hydrogen-bond acceptors (Lipinski definition) is 10. The van der Waals surface area contributed by atoms with E-state index in [0.29, 0.717) is 41.8 Å². The van der Waals surface area contributed by atoms with Crippen LogP contribution in [0.25, 0.3) is 6.08 Å². The highest BCUT2D eigenvalue weighted by Gasteiger charge is 2.68. The van der Waals surface area contributed by atoms with Crippen molar-refractivity contribution in [3.8, 4) is 23.0 Å². The Morgan fingerprint density at radius 3 is 2.49 bits per heavy atom. The van der Waals surface area contributed by atoms with Gasteiger partial charge in [-0.25, -0.2) is 0 Å². The summed E-state index contributed by atoms with van der Waals surface area (Å²) in [5.74, 6) is -2.65. The number of ether oxygens (including phenoxy) is 2. The van der Waals surface area contributed by atoms with E-state index in [1.54, 1.807) is 30.3 Å². The lowest BCUT2D eigenvalue weighted by molar-refractivity contribution is -0.384. The number of carbonyl (C=O) groups excluding carboxylic acids is 2. The van der Waals surface area contributed by atoms with Crippen LogP contribution in [0.5, 0.6) is 23.0 Å². The lowest BCUT2D eigenvalue weighted by Crippen LogP contribution is -2.50. The third-order valence-electron chi connectivity index (χ3n) is 9.03. The Hall–Kier alpha value is -5.36. The number of allylic oxidation sites excluding steroid dienone is 2. The van der Waals surface area contributed by atoms with Crippen molar-refractivity contribution in [2.24, 2.45) is 5.92 Å². The normalized spacial score (nSPS) is 24.1. The van der Waals surface area contributed by atoms with E-state index in [1.807, 2.05) is 4.90 Å². The number of rotatable bonds is 8. The van der Waals surface area contributed by atoms with Gasteiger partial charge in [0.25, 0.3) is 5.69 Å². The number of methoxy groups -OCH3 is 2. The molecule has 1 amide bonds. The van der Waals surface area contributed by atoms with Crippen molar-refractivity contribution in [3.63, 3.8) is 0 Å². The lowest BCUT2D eigenvalue weighted by Gasteiger charge is -2.37. The first kappa shape index (κ1) is 29.7. The van der Waals surface area contributed by atoms with E-state index in [2.05, 4.69) is 5.32 Å². The standard InChI is InChI=1S/C33H31N3O9/c1-44-28-14-18(6-11-25(28)38)5-9-21(37)17-27(40)30-24-4-3-13-35(24)33(31(30)19-7-12-26(39)29(15-19)45-2)22-16-20(36(42)43)8-10-23(22)34-32(33)41/h5-12,14-17,24,30-31,37-39H,3-4,13H2,1-2H3,(H,34,41)/b9-5+,21-17-. The molecule has 12 nitrogen and oxygen atoms in total. The van der Waals surface area contributed by atoms with E-state index in [-0.39, 0.29) is 34.4 Å². The van der Waals surface area contributed by atoms with Crippen LogP contribution in [0.15, 0.2) is 72.5 Å². The number of ketones is 1. The molecule has 3 aromatic rings. The summed E-state index contributed by atoms with van der Waals surface area (Å²) in [4.78, 5) is 41.7. The SMILES string of the molecule is COc1cc(/C=C/C(O)=C/C(=O)C2C3CCCN3C3(C(=O)Nc4ccc([N+](=O)[O-])cc43)C2c2ccc(O)c(OC)c2)ccc1O. The van der Waals surface area contributed by atoms with Crippen LogP contribution in [0.4, 0.5) is 11.4 Å². The number of anilines is 1. The van der Waals surface area contributed by atoms with Crippen LogP contribution in [-0.4, -0.2) is 63.6 Å². The molecule has 12 heteroatoms. The van der Waals surface area contributed by atoms with Crippen molar-refractivity contribution in [3.05, 3.63) is 99.3 Å². The highest BCUT2D eigenvalue weighted by atomic mass is 16.6. The number of nitro benzene ring substituents is 1. The summed E-state index contributed by atoms with van der Waals surface area (Å²) in [6.07, 6.45) is 5.30. The Kier molecular flexibility index (Phi) is 7.45. The van der Waals surface area contributed by atoms with Crippen molar-refractivity contribution in [1.29, 1.82) is 0 Å². The first-order chi connectivity index (χ1) is 21.6. The highest BCUT2D eigenvalue weighted by molar-refractivity contribution is 6.09. The molecular formula is C33H31N3O9. The van der Waals surface area contributed by atoms with Crippen LogP contribution in [0.3, 0.4) is 0 Å². The molecule has 0 bridgehead atoms. The van der Waals surface area contributed by atoms with E-state index in [1.165, 1.54) is 50.6 Å². The van der Waals surface area contributed by atoms with Gasteiger partial charge in [-0.3, -0.25) is 24.6 Å². The highest BCUT2D eigenvalue weighted by Crippen LogP contribution is 2.62. The van der Waals surface area contributed by atoms with Gasteiger partial charge in [0.2, 0.25) is 5.91 Å². The predicted octanol–water partition coefficient (Wildman–Crippen LogP) is 4.77. The van der Waals surface area contributed by atoms with Crippen molar-refractivity contribution < 1.29 is 39.3 Å². The van der Waals surface area contributed by atoms with Gasteiger partial charge in [0.1, 0.15) is 11.3 Å². The molecule has 1 spiro atoms. The zero-order chi connectivity index (χ0) is 32.0. The Morgan fingerprint density at radius 2 is 1.78 bits per heavy atom. The number of nitrogens with zero attached hydrogens (tertiary/aromatic N) is 2. The average Bonchev–Trinajstić information content (AvgIpc) is 3.69. The molecule has 45 heavy (non-hydrogen) atoms. The van der Waals surface area contributed by atoms with Crippen molar-refractivity contribution in [1.82, 2.24) is 4.90 Å². The first-order valence-corrected chi connectivity index (χ1v) is 14.3. The van der Waals surface area contributed by atoms with Gasteiger partial charge in [-0.05, 0) is 66.9 Å². The van der Waals surface area contributed by atoms with Gasteiger partial charge in [0.05, 0.1) is 19.1 Å². The second kappa shape index (κ2) is 11.3. The number of phenols is 2. The number of fused-ring (bicyclic) bond motifs is 4. The Bertz CT molecular complexity index is 1780. The zero-order valence-electron chi connectivity index (χ0n) is 24.5. The van der Waals surface area contributed by atoms with E-state index < -0.39 is 40.0 Å². The minimum atomic E-state index is -1.48. The molecule has 2 fully saturated rings. The third-order valence-corrected chi connectivity index (χ3v) is 9.03. The predicted molar refractivity (Wildman–Crippen MR) is 163 cm³/mol. The molecule has 3 aliphatic heterocycles. The summed E-state index contributed by atoms with van der Waals surface area (Å²) < 4.78 is 10.5. The average molecular weight is 614 g/mol. The van der Waals surface area contributed by atoms with Crippen LogP contribution in [0.1, 0.15) is 35.4 Å². The lowest BCUT2D eigenvalue weighted by atomic mass is 9.69. The van der Waals surface area contributed by atoms with Crippen LogP contribution >= 0.6 is 0 Å². The number of aliphatic hydroxyl groups excluding tert-OH is 1. The second-order valence-corrected chi connectivity index (χ2v) is 11.3. The maximum Gasteiger partial charge on any atom is 0.269 e. The Morgan fingerprint density at radius 1 is 1.07 bits per heavy atom. The molecule has 3 heterocycles. The molecule has 4 unspecified atom stereocenters. The first-order valence-electron chi connectivity index (χ1n) is 14.3. The van der Waals surface area contributed by atoms with Gasteiger partial charge in [-0.2, -0.15) is 0 Å². The van der Waals surface area contributed by atoms with Gasteiger partial charge in [-0.1, -0.05) is 18.2 Å². The molecule has 4 atom stereocenters. The van der Waals surface area contributed by atoms with Crippen molar-refractivity contribution >= 4 is 29.1 Å². The van der Waals surface area contributed by atoms with Crippen LogP contribution in [-0.2, 0) is 15.1 Å². The minimum Gasteiger partial charge on any atom is -0.508 e. The van der Waals surface area contributed by atoms with Gasteiger partial charge in [0.15, 0.2) is 28.8 Å². The molecule has 6 rings (SSSR count). The van der Waals surface area contributed by atoms with Gasteiger partial charge >= 0.3 is 0 Å². The summed E-state index contributed by atoms with van der Waals surface area (Å²) in [5.41, 5.74) is 0.277. The zero-order valence-corrected chi connectivity index (χ0v) is 24.5. The molecule has 3 aliphatic rings.